The minimum absolute atomic E-state index is 0.811. The van der Waals surface area contributed by atoms with Crippen LogP contribution in [0.2, 0.25) is 0 Å². The summed E-state index contributed by atoms with van der Waals surface area (Å²) >= 11 is 0. The van der Waals surface area contributed by atoms with Crippen molar-refractivity contribution >= 4 is 88.1 Å². The molecule has 0 bridgehead atoms. The molecule has 3 heteroatoms. The van der Waals surface area contributed by atoms with Gasteiger partial charge in [0.05, 0.1) is 11.4 Å². The molecule has 1 aliphatic rings. The highest BCUT2D eigenvalue weighted by atomic mass is 16.3. The SMILES string of the molecule is C1=CC(c2cc3ccccc3c3c2oc2c(N(c4cccc(-c5ccc(-c6ccccc6)cc5)c4)c4cccc5c4oc4c(-c6ccccc6)cc6ccccc6c45)cccc23)=CCC1. The third-order valence-corrected chi connectivity index (χ3v) is 13.2. The third kappa shape index (κ3) is 6.12. The highest BCUT2D eigenvalue weighted by Crippen LogP contribution is 2.50. The van der Waals surface area contributed by atoms with Gasteiger partial charge >= 0.3 is 0 Å². The summed E-state index contributed by atoms with van der Waals surface area (Å²) in [4.78, 5) is 2.35. The van der Waals surface area contributed by atoms with Gasteiger partial charge in [-0.25, -0.2) is 0 Å². The van der Waals surface area contributed by atoms with Crippen LogP contribution < -0.4 is 4.90 Å². The Bertz CT molecular complexity index is 3870. The molecule has 12 aromatic rings. The van der Waals surface area contributed by atoms with Crippen molar-refractivity contribution < 1.29 is 8.83 Å². The Labute approximate surface area is 376 Å². The molecule has 0 aliphatic heterocycles. The maximum Gasteiger partial charge on any atom is 0.159 e. The zero-order valence-electron chi connectivity index (χ0n) is 35.5. The van der Waals surface area contributed by atoms with E-state index in [-0.39, 0.29) is 0 Å². The van der Waals surface area contributed by atoms with E-state index in [1.807, 2.05) is 0 Å². The van der Waals surface area contributed by atoms with Gasteiger partial charge in [-0.1, -0.05) is 188 Å². The number of anilines is 3. The molecule has 13 rings (SSSR count). The topological polar surface area (TPSA) is 29.5 Å². The average molecular weight is 832 g/mol. The molecule has 3 nitrogen and oxygen atoms in total. The van der Waals surface area contributed by atoms with E-state index >= 15 is 0 Å². The van der Waals surface area contributed by atoms with Crippen LogP contribution >= 0.6 is 0 Å². The lowest BCUT2D eigenvalue weighted by molar-refractivity contribution is 0.666. The molecule has 0 N–H and O–H groups in total. The molecule has 65 heavy (non-hydrogen) atoms. The van der Waals surface area contributed by atoms with Crippen molar-refractivity contribution in [2.45, 2.75) is 12.8 Å². The number of hydrogen-bond donors (Lipinski definition) is 0. The van der Waals surface area contributed by atoms with Crippen molar-refractivity contribution in [1.82, 2.24) is 0 Å². The van der Waals surface area contributed by atoms with Gasteiger partial charge in [-0.2, -0.15) is 0 Å². The summed E-state index contributed by atoms with van der Waals surface area (Å²) in [6, 6.07) is 74.0. The summed E-state index contributed by atoms with van der Waals surface area (Å²) in [7, 11) is 0. The van der Waals surface area contributed by atoms with Crippen LogP contribution in [-0.2, 0) is 0 Å². The van der Waals surface area contributed by atoms with Crippen LogP contribution in [-0.4, -0.2) is 0 Å². The largest absolute Gasteiger partial charge is 0.453 e. The summed E-state index contributed by atoms with van der Waals surface area (Å²) in [5, 5.41) is 9.08. The minimum atomic E-state index is 0.811. The molecule has 0 spiro atoms. The molecular weight excluding hydrogens is 791 g/mol. The first-order valence-electron chi connectivity index (χ1n) is 22.5. The van der Waals surface area contributed by atoms with Crippen LogP contribution in [0, 0.1) is 0 Å². The summed E-state index contributed by atoms with van der Waals surface area (Å²) in [6.45, 7) is 0. The zero-order chi connectivity index (χ0) is 42.8. The molecule has 0 fully saturated rings. The fraction of sp³-hybridized carbons (Fsp3) is 0.0323. The molecule has 10 aromatic carbocycles. The predicted molar refractivity (Wildman–Crippen MR) is 273 cm³/mol. The number of nitrogens with zero attached hydrogens (tertiary/aromatic N) is 1. The fourth-order valence-electron chi connectivity index (χ4n) is 10.2. The number of rotatable bonds is 7. The minimum Gasteiger partial charge on any atom is -0.453 e. The van der Waals surface area contributed by atoms with Crippen molar-refractivity contribution in [3.63, 3.8) is 0 Å². The van der Waals surface area contributed by atoms with Gasteiger partial charge in [0.1, 0.15) is 11.2 Å². The van der Waals surface area contributed by atoms with E-state index in [1.165, 1.54) is 32.9 Å². The van der Waals surface area contributed by atoms with Crippen LogP contribution in [0.4, 0.5) is 17.1 Å². The van der Waals surface area contributed by atoms with Crippen molar-refractivity contribution in [3.8, 4) is 33.4 Å². The van der Waals surface area contributed by atoms with Crippen LogP contribution in [0.15, 0.2) is 233 Å². The first kappa shape index (κ1) is 37.2. The monoisotopic (exact) mass is 831 g/mol. The van der Waals surface area contributed by atoms with E-state index in [2.05, 4.69) is 229 Å². The van der Waals surface area contributed by atoms with E-state index in [4.69, 9.17) is 8.83 Å². The van der Waals surface area contributed by atoms with Gasteiger partial charge in [0.15, 0.2) is 11.2 Å². The van der Waals surface area contributed by atoms with E-state index in [1.54, 1.807) is 0 Å². The van der Waals surface area contributed by atoms with Crippen molar-refractivity contribution in [2.75, 3.05) is 4.90 Å². The van der Waals surface area contributed by atoms with Crippen LogP contribution in [0.5, 0.6) is 0 Å². The van der Waals surface area contributed by atoms with Gasteiger partial charge in [-0.05, 0) is 104 Å². The van der Waals surface area contributed by atoms with E-state index < -0.39 is 0 Å². The molecule has 2 heterocycles. The summed E-state index contributed by atoms with van der Waals surface area (Å²) in [5.74, 6) is 0. The number of fused-ring (bicyclic) bond motifs is 10. The normalized spacial score (nSPS) is 12.8. The van der Waals surface area contributed by atoms with Crippen LogP contribution in [0.3, 0.4) is 0 Å². The molecule has 306 valence electrons. The van der Waals surface area contributed by atoms with E-state index in [9.17, 15) is 0 Å². The highest BCUT2D eigenvalue weighted by molar-refractivity contribution is 6.26. The van der Waals surface area contributed by atoms with Gasteiger partial charge in [0.2, 0.25) is 0 Å². The fourth-order valence-corrected chi connectivity index (χ4v) is 10.2. The maximum absolute atomic E-state index is 7.33. The van der Waals surface area contributed by atoms with Gasteiger partial charge in [0.25, 0.3) is 0 Å². The second-order valence-electron chi connectivity index (χ2n) is 17.0. The van der Waals surface area contributed by atoms with Gasteiger partial charge in [-0.15, -0.1) is 0 Å². The van der Waals surface area contributed by atoms with E-state index in [0.717, 1.165) is 107 Å². The zero-order valence-corrected chi connectivity index (χ0v) is 35.5. The van der Waals surface area contributed by atoms with Crippen LogP contribution in [0.1, 0.15) is 18.4 Å². The van der Waals surface area contributed by atoms with E-state index in [0.29, 0.717) is 0 Å². The summed E-state index contributed by atoms with van der Waals surface area (Å²) in [6.07, 6.45) is 8.92. The number of furan rings is 2. The van der Waals surface area contributed by atoms with Gasteiger partial charge < -0.3 is 13.7 Å². The molecule has 0 radical (unpaired) electrons. The summed E-state index contributed by atoms with van der Waals surface area (Å²) < 4.78 is 14.6. The molecule has 1 aliphatic carbocycles. The Kier molecular flexibility index (Phi) is 8.67. The Morgan fingerprint density at radius 2 is 0.846 bits per heavy atom. The Morgan fingerprint density at radius 3 is 1.46 bits per heavy atom. The van der Waals surface area contributed by atoms with Crippen molar-refractivity contribution in [3.05, 3.63) is 230 Å². The first-order chi connectivity index (χ1) is 32.2. The average Bonchev–Trinajstić information content (AvgIpc) is 3.98. The second-order valence-corrected chi connectivity index (χ2v) is 17.0. The molecule has 0 amide bonds. The lowest BCUT2D eigenvalue weighted by Crippen LogP contribution is -2.10. The van der Waals surface area contributed by atoms with Crippen LogP contribution in [0.25, 0.3) is 104 Å². The lowest BCUT2D eigenvalue weighted by Gasteiger charge is -2.26. The van der Waals surface area contributed by atoms with Gasteiger partial charge in [-0.3, -0.25) is 0 Å². The molecule has 0 atom stereocenters. The quantitative estimate of drug-likeness (QED) is 0.160. The van der Waals surface area contributed by atoms with Crippen molar-refractivity contribution in [1.29, 1.82) is 0 Å². The molecule has 2 aromatic heterocycles. The lowest BCUT2D eigenvalue weighted by atomic mass is 9.93. The molecule has 0 saturated carbocycles. The summed E-state index contributed by atoms with van der Waals surface area (Å²) in [5.41, 5.74) is 15.4. The molecule has 0 unspecified atom stereocenters. The molecular formula is C62H41NO2. The number of allylic oxidation sites excluding steroid dienone is 4. The Balaban J connectivity index is 1.09. The third-order valence-electron chi connectivity index (χ3n) is 13.2. The maximum atomic E-state index is 7.33. The van der Waals surface area contributed by atoms with Gasteiger partial charge in [0, 0.05) is 38.4 Å². The number of hydrogen-bond acceptors (Lipinski definition) is 3. The predicted octanol–water partition coefficient (Wildman–Crippen LogP) is 18.0. The number of para-hydroxylation sites is 2. The first-order valence-corrected chi connectivity index (χ1v) is 22.5. The number of benzene rings is 10. The molecule has 0 saturated heterocycles. The second kappa shape index (κ2) is 15.1. The highest BCUT2D eigenvalue weighted by Gasteiger charge is 2.26. The van der Waals surface area contributed by atoms with Crippen molar-refractivity contribution in [2.24, 2.45) is 0 Å². The Morgan fingerprint density at radius 1 is 0.354 bits per heavy atom. The standard InChI is InChI=1S/C62H41NO2/c1-4-17-40(18-5-1)41-33-35-42(36-34-41)45-25-14-26-48(37-45)63(55-31-15-29-51-57-49-27-12-10-23-46(49)38-53(61(57)64-59(51)55)43-19-6-2-7-20-43)56-32-16-30-52-58-50-28-13-11-24-47(50)39-54(62(58)65-60(52)56)44-21-8-3-9-22-44/h1-2,4-8,10-39H,3,9H2. The smallest absolute Gasteiger partial charge is 0.159 e. The Hall–Kier alpha value is -8.40.